The van der Waals surface area contributed by atoms with Gasteiger partial charge in [0.1, 0.15) is 13.2 Å². The van der Waals surface area contributed by atoms with Gasteiger partial charge < -0.3 is 19.4 Å². The van der Waals surface area contributed by atoms with E-state index in [1.54, 1.807) is 30.3 Å². The standard InChI is InChI=1S/C21H17N3O6/c25-20-7-4-15(13-23(20)12-14-2-1-3-17(10-14)24(27)28)21(26)22-16-5-6-18-19(11-16)30-9-8-29-18/h1-7,10-11,13H,8-9,12H2,(H,22,26). The Morgan fingerprint density at radius 3 is 2.67 bits per heavy atom. The topological polar surface area (TPSA) is 113 Å². The number of nitrogens with one attached hydrogen (secondary N) is 1. The number of rotatable bonds is 5. The predicted octanol–water partition coefficient (Wildman–Crippen LogP) is 2.83. The Morgan fingerprint density at radius 2 is 1.87 bits per heavy atom. The first-order valence-electron chi connectivity index (χ1n) is 9.14. The van der Waals surface area contributed by atoms with Gasteiger partial charge in [-0.25, -0.2) is 0 Å². The minimum Gasteiger partial charge on any atom is -0.486 e. The number of pyridine rings is 1. The molecule has 2 heterocycles. The molecule has 0 aliphatic carbocycles. The van der Waals surface area contributed by atoms with Crippen LogP contribution in [0.4, 0.5) is 11.4 Å². The lowest BCUT2D eigenvalue weighted by Gasteiger charge is -2.19. The number of carbonyl (C=O) groups excluding carboxylic acids is 1. The first kappa shape index (κ1) is 19.2. The number of nitro benzene ring substituents is 1. The lowest BCUT2D eigenvalue weighted by atomic mass is 10.2. The fourth-order valence-electron chi connectivity index (χ4n) is 3.08. The second-order valence-electron chi connectivity index (χ2n) is 6.62. The van der Waals surface area contributed by atoms with Crippen molar-refractivity contribution >= 4 is 17.3 Å². The van der Waals surface area contributed by atoms with Gasteiger partial charge in [0.2, 0.25) is 0 Å². The molecule has 1 N–H and O–H groups in total. The molecular weight excluding hydrogens is 390 g/mol. The van der Waals surface area contributed by atoms with Gasteiger partial charge in [-0.2, -0.15) is 0 Å². The SMILES string of the molecule is O=C(Nc1ccc2c(c1)OCCO2)c1ccc(=O)n(Cc2cccc([N+](=O)[O-])c2)c1. The maximum absolute atomic E-state index is 12.7. The van der Waals surface area contributed by atoms with E-state index in [1.165, 1.54) is 35.0 Å². The highest BCUT2D eigenvalue weighted by Gasteiger charge is 2.14. The normalized spacial score (nSPS) is 12.3. The number of anilines is 1. The molecule has 2 aromatic carbocycles. The van der Waals surface area contributed by atoms with Crippen LogP contribution in [0.3, 0.4) is 0 Å². The monoisotopic (exact) mass is 407 g/mol. The van der Waals surface area contributed by atoms with Crippen molar-refractivity contribution in [2.24, 2.45) is 0 Å². The number of non-ortho nitro benzene ring substituents is 1. The Balaban J connectivity index is 1.54. The third-order valence-corrected chi connectivity index (χ3v) is 4.52. The number of benzene rings is 2. The van der Waals surface area contributed by atoms with E-state index in [4.69, 9.17) is 9.47 Å². The van der Waals surface area contributed by atoms with E-state index in [0.717, 1.165) is 0 Å². The van der Waals surface area contributed by atoms with Gasteiger partial charge in [-0.15, -0.1) is 0 Å². The highest BCUT2D eigenvalue weighted by molar-refractivity contribution is 6.04. The molecule has 0 unspecified atom stereocenters. The molecule has 0 atom stereocenters. The second-order valence-corrected chi connectivity index (χ2v) is 6.62. The molecule has 30 heavy (non-hydrogen) atoms. The van der Waals surface area contributed by atoms with Crippen molar-refractivity contribution in [2.45, 2.75) is 6.54 Å². The number of aromatic nitrogens is 1. The molecule has 0 saturated carbocycles. The summed E-state index contributed by atoms with van der Waals surface area (Å²) in [5.74, 6) is 0.763. The van der Waals surface area contributed by atoms with Crippen LogP contribution in [0.2, 0.25) is 0 Å². The molecular formula is C21H17N3O6. The third kappa shape index (κ3) is 4.14. The van der Waals surface area contributed by atoms with Gasteiger partial charge in [0, 0.05) is 36.1 Å². The molecule has 152 valence electrons. The molecule has 1 aliphatic rings. The smallest absolute Gasteiger partial charge is 0.269 e. The van der Waals surface area contributed by atoms with Crippen LogP contribution in [0, 0.1) is 10.1 Å². The molecule has 0 saturated heterocycles. The number of nitrogens with zero attached hydrogens (tertiary/aromatic N) is 2. The summed E-state index contributed by atoms with van der Waals surface area (Å²) in [4.78, 5) is 35.3. The van der Waals surface area contributed by atoms with Gasteiger partial charge in [-0.05, 0) is 23.8 Å². The van der Waals surface area contributed by atoms with E-state index in [9.17, 15) is 19.7 Å². The molecule has 9 nitrogen and oxygen atoms in total. The lowest BCUT2D eigenvalue weighted by molar-refractivity contribution is -0.384. The van der Waals surface area contributed by atoms with Crippen LogP contribution >= 0.6 is 0 Å². The Labute approximate surface area is 170 Å². The van der Waals surface area contributed by atoms with Gasteiger partial charge >= 0.3 is 0 Å². The number of carbonyl (C=O) groups is 1. The van der Waals surface area contributed by atoms with E-state index < -0.39 is 10.8 Å². The summed E-state index contributed by atoms with van der Waals surface area (Å²) in [6.45, 7) is 1.02. The largest absolute Gasteiger partial charge is 0.486 e. The molecule has 1 amide bonds. The zero-order valence-corrected chi connectivity index (χ0v) is 15.7. The summed E-state index contributed by atoms with van der Waals surface area (Å²) in [5, 5.41) is 13.7. The number of nitro groups is 1. The van der Waals surface area contributed by atoms with E-state index >= 15 is 0 Å². The van der Waals surface area contributed by atoms with Crippen LogP contribution in [0.1, 0.15) is 15.9 Å². The van der Waals surface area contributed by atoms with E-state index in [-0.39, 0.29) is 23.4 Å². The highest BCUT2D eigenvalue weighted by atomic mass is 16.6. The predicted molar refractivity (Wildman–Crippen MR) is 108 cm³/mol. The van der Waals surface area contributed by atoms with Crippen molar-refractivity contribution in [1.82, 2.24) is 4.57 Å². The highest BCUT2D eigenvalue weighted by Crippen LogP contribution is 2.32. The van der Waals surface area contributed by atoms with Crippen LogP contribution in [0.5, 0.6) is 11.5 Å². The Kier molecular flexibility index (Phi) is 5.17. The van der Waals surface area contributed by atoms with Crippen molar-refractivity contribution < 1.29 is 19.2 Å². The van der Waals surface area contributed by atoms with Crippen molar-refractivity contribution in [1.29, 1.82) is 0 Å². The number of amides is 1. The summed E-state index contributed by atoms with van der Waals surface area (Å²) in [5.41, 5.74) is 0.997. The van der Waals surface area contributed by atoms with Crippen LogP contribution in [0.25, 0.3) is 0 Å². The van der Waals surface area contributed by atoms with Crippen LogP contribution in [0.15, 0.2) is 65.6 Å². The molecule has 0 fully saturated rings. The molecule has 1 aromatic heterocycles. The van der Waals surface area contributed by atoms with Gasteiger partial charge in [-0.3, -0.25) is 19.7 Å². The second kappa shape index (κ2) is 8.08. The zero-order valence-electron chi connectivity index (χ0n) is 15.7. The quantitative estimate of drug-likeness (QED) is 0.514. The number of hydrogen-bond acceptors (Lipinski definition) is 6. The van der Waals surface area contributed by atoms with E-state index in [0.29, 0.717) is 36.0 Å². The summed E-state index contributed by atoms with van der Waals surface area (Å²) in [6, 6.07) is 13.8. The fraction of sp³-hybridized carbons (Fsp3) is 0.143. The molecule has 3 aromatic rings. The van der Waals surface area contributed by atoms with Crippen molar-refractivity contribution in [3.63, 3.8) is 0 Å². The number of ether oxygens (including phenoxy) is 2. The van der Waals surface area contributed by atoms with Crippen molar-refractivity contribution in [2.75, 3.05) is 18.5 Å². The van der Waals surface area contributed by atoms with Gasteiger partial charge in [0.25, 0.3) is 17.2 Å². The van der Waals surface area contributed by atoms with Gasteiger partial charge in [0.15, 0.2) is 11.5 Å². The van der Waals surface area contributed by atoms with E-state index in [1.807, 2.05) is 0 Å². The summed E-state index contributed by atoms with van der Waals surface area (Å²) in [6.07, 6.45) is 1.43. The van der Waals surface area contributed by atoms with Gasteiger partial charge in [0.05, 0.1) is 17.0 Å². The Morgan fingerprint density at radius 1 is 1.07 bits per heavy atom. The summed E-state index contributed by atoms with van der Waals surface area (Å²) >= 11 is 0. The number of hydrogen-bond donors (Lipinski definition) is 1. The summed E-state index contributed by atoms with van der Waals surface area (Å²) < 4.78 is 12.3. The maximum Gasteiger partial charge on any atom is 0.269 e. The molecule has 0 bridgehead atoms. The van der Waals surface area contributed by atoms with Crippen LogP contribution < -0.4 is 20.3 Å². The average Bonchev–Trinajstić information content (AvgIpc) is 2.75. The molecule has 1 aliphatic heterocycles. The van der Waals surface area contributed by atoms with Crippen molar-refractivity contribution in [3.05, 3.63) is 92.4 Å². The molecule has 0 spiro atoms. The minimum atomic E-state index is -0.497. The van der Waals surface area contributed by atoms with Crippen LogP contribution in [-0.2, 0) is 6.54 Å². The average molecular weight is 407 g/mol. The Hall–Kier alpha value is -4.14. The fourth-order valence-corrected chi connectivity index (χ4v) is 3.08. The maximum atomic E-state index is 12.7. The van der Waals surface area contributed by atoms with E-state index in [2.05, 4.69) is 5.32 Å². The number of fused-ring (bicyclic) bond motifs is 1. The third-order valence-electron chi connectivity index (χ3n) is 4.52. The first-order chi connectivity index (χ1) is 14.5. The molecule has 0 radical (unpaired) electrons. The summed E-state index contributed by atoms with van der Waals surface area (Å²) in [7, 11) is 0. The van der Waals surface area contributed by atoms with Crippen LogP contribution in [-0.4, -0.2) is 28.6 Å². The molecule has 4 rings (SSSR count). The lowest BCUT2D eigenvalue weighted by Crippen LogP contribution is -2.22. The molecule has 9 heteroatoms. The minimum absolute atomic E-state index is 0.0620. The zero-order chi connectivity index (χ0) is 21.1. The van der Waals surface area contributed by atoms with Gasteiger partial charge in [-0.1, -0.05) is 12.1 Å². The first-order valence-corrected chi connectivity index (χ1v) is 9.14. The van der Waals surface area contributed by atoms with Crippen molar-refractivity contribution in [3.8, 4) is 11.5 Å². The Bertz CT molecular complexity index is 1190.